The maximum absolute atomic E-state index is 12.0. The van der Waals surface area contributed by atoms with E-state index in [-0.39, 0.29) is 5.91 Å². The Labute approximate surface area is 112 Å². The van der Waals surface area contributed by atoms with Crippen LogP contribution in [0.5, 0.6) is 0 Å². The predicted molar refractivity (Wildman–Crippen MR) is 68.2 cm³/mol. The standard InChI is InChI=1S/C14H18N2O3/c15-12(17)13(11-2-1-7-16-10-11)3-5-14(6-4-13)18-8-9-19-14/h1-2,7,10H,3-6,8-9H2,(H2,15,17). The van der Waals surface area contributed by atoms with E-state index in [9.17, 15) is 4.79 Å². The minimum absolute atomic E-state index is 0.284. The summed E-state index contributed by atoms with van der Waals surface area (Å²) in [5.74, 6) is -0.769. The van der Waals surface area contributed by atoms with Crippen LogP contribution in [0.2, 0.25) is 0 Å². The zero-order valence-electron chi connectivity index (χ0n) is 10.8. The van der Waals surface area contributed by atoms with Crippen LogP contribution in [0.15, 0.2) is 24.5 Å². The zero-order valence-corrected chi connectivity index (χ0v) is 10.8. The molecule has 1 aliphatic carbocycles. The highest BCUT2D eigenvalue weighted by atomic mass is 16.7. The minimum Gasteiger partial charge on any atom is -0.369 e. The molecule has 102 valence electrons. The summed E-state index contributed by atoms with van der Waals surface area (Å²) >= 11 is 0. The van der Waals surface area contributed by atoms with Crippen molar-refractivity contribution in [1.29, 1.82) is 0 Å². The van der Waals surface area contributed by atoms with Crippen LogP contribution < -0.4 is 5.73 Å². The number of amides is 1. The Bertz CT molecular complexity index is 459. The fourth-order valence-corrected chi connectivity index (χ4v) is 3.17. The number of nitrogens with two attached hydrogens (primary N) is 1. The second-order valence-electron chi connectivity index (χ2n) is 5.30. The normalized spacial score (nSPS) is 24.4. The summed E-state index contributed by atoms with van der Waals surface area (Å²) < 4.78 is 11.4. The van der Waals surface area contributed by atoms with Gasteiger partial charge in [0.05, 0.1) is 18.6 Å². The second kappa shape index (κ2) is 4.58. The molecule has 3 rings (SSSR count). The van der Waals surface area contributed by atoms with Crippen molar-refractivity contribution < 1.29 is 14.3 Å². The summed E-state index contributed by atoms with van der Waals surface area (Å²) in [7, 11) is 0. The van der Waals surface area contributed by atoms with Gasteiger partial charge in [0.25, 0.3) is 0 Å². The van der Waals surface area contributed by atoms with E-state index >= 15 is 0 Å². The molecular formula is C14H18N2O3. The lowest BCUT2D eigenvalue weighted by molar-refractivity contribution is -0.186. The van der Waals surface area contributed by atoms with Gasteiger partial charge in [-0.15, -0.1) is 0 Å². The number of rotatable bonds is 2. The number of nitrogens with zero attached hydrogens (tertiary/aromatic N) is 1. The molecule has 0 unspecified atom stereocenters. The Morgan fingerprint density at radius 3 is 2.42 bits per heavy atom. The first-order valence-electron chi connectivity index (χ1n) is 6.65. The van der Waals surface area contributed by atoms with Crippen molar-refractivity contribution in [1.82, 2.24) is 4.98 Å². The highest BCUT2D eigenvalue weighted by Crippen LogP contribution is 2.46. The molecule has 2 fully saturated rings. The molecule has 5 nitrogen and oxygen atoms in total. The minimum atomic E-state index is -0.630. The highest BCUT2D eigenvalue weighted by molar-refractivity contribution is 5.86. The Kier molecular flexibility index (Phi) is 3.03. The summed E-state index contributed by atoms with van der Waals surface area (Å²) in [6.07, 6.45) is 6.13. The lowest BCUT2D eigenvalue weighted by Gasteiger charge is -2.41. The summed E-state index contributed by atoms with van der Waals surface area (Å²) in [6.45, 7) is 1.27. The molecule has 19 heavy (non-hydrogen) atoms. The Hall–Kier alpha value is -1.46. The monoisotopic (exact) mass is 262 g/mol. The molecule has 0 radical (unpaired) electrons. The quantitative estimate of drug-likeness (QED) is 0.866. The lowest BCUT2D eigenvalue weighted by atomic mass is 9.67. The van der Waals surface area contributed by atoms with Gasteiger partial charge in [-0.25, -0.2) is 0 Å². The van der Waals surface area contributed by atoms with Crippen LogP contribution in [0.4, 0.5) is 0 Å². The van der Waals surface area contributed by atoms with E-state index in [2.05, 4.69) is 4.98 Å². The molecule has 1 amide bonds. The van der Waals surface area contributed by atoms with Crippen LogP contribution in [0, 0.1) is 0 Å². The predicted octanol–water partition coefficient (Wildman–Crippen LogP) is 1.12. The third kappa shape index (κ3) is 2.03. The van der Waals surface area contributed by atoms with E-state index in [4.69, 9.17) is 15.2 Å². The maximum atomic E-state index is 12.0. The van der Waals surface area contributed by atoms with Crippen LogP contribution in [0.25, 0.3) is 0 Å². The maximum Gasteiger partial charge on any atom is 0.228 e. The first-order chi connectivity index (χ1) is 9.17. The van der Waals surface area contributed by atoms with Gasteiger partial charge in [-0.1, -0.05) is 6.07 Å². The summed E-state index contributed by atoms with van der Waals surface area (Å²) in [6, 6.07) is 3.76. The van der Waals surface area contributed by atoms with Gasteiger partial charge in [0.2, 0.25) is 5.91 Å². The molecule has 1 aromatic heterocycles. The van der Waals surface area contributed by atoms with E-state index in [0.29, 0.717) is 38.9 Å². The molecule has 0 aromatic carbocycles. The van der Waals surface area contributed by atoms with Crippen LogP contribution in [-0.4, -0.2) is 29.9 Å². The SMILES string of the molecule is NC(=O)C1(c2cccnc2)CCC2(CC1)OCCO2. The summed E-state index contributed by atoms with van der Waals surface area (Å²) in [5, 5.41) is 0. The Balaban J connectivity index is 1.87. The molecule has 1 saturated heterocycles. The topological polar surface area (TPSA) is 74.4 Å². The number of carbonyl (C=O) groups excluding carboxylic acids is 1. The number of hydrogen-bond acceptors (Lipinski definition) is 4. The molecule has 0 bridgehead atoms. The third-order valence-corrected chi connectivity index (χ3v) is 4.36. The molecule has 2 aliphatic rings. The van der Waals surface area contributed by atoms with E-state index < -0.39 is 11.2 Å². The van der Waals surface area contributed by atoms with Gasteiger partial charge in [-0.05, 0) is 24.5 Å². The van der Waals surface area contributed by atoms with Gasteiger partial charge in [-0.3, -0.25) is 9.78 Å². The number of hydrogen-bond donors (Lipinski definition) is 1. The first kappa shape index (κ1) is 12.6. The van der Waals surface area contributed by atoms with Crippen LogP contribution in [0.3, 0.4) is 0 Å². The molecule has 5 heteroatoms. The van der Waals surface area contributed by atoms with Gasteiger partial charge in [-0.2, -0.15) is 0 Å². The smallest absolute Gasteiger partial charge is 0.228 e. The van der Waals surface area contributed by atoms with Crippen molar-refractivity contribution in [3.05, 3.63) is 30.1 Å². The van der Waals surface area contributed by atoms with Crippen molar-refractivity contribution in [2.45, 2.75) is 36.9 Å². The zero-order chi connectivity index (χ0) is 13.3. The van der Waals surface area contributed by atoms with Crippen molar-refractivity contribution >= 4 is 5.91 Å². The average Bonchev–Trinajstić information content (AvgIpc) is 2.89. The van der Waals surface area contributed by atoms with E-state index in [1.807, 2.05) is 12.1 Å². The van der Waals surface area contributed by atoms with E-state index in [1.54, 1.807) is 12.4 Å². The largest absolute Gasteiger partial charge is 0.369 e. The number of primary amides is 1. The number of carbonyl (C=O) groups is 1. The number of pyridine rings is 1. The molecule has 1 aliphatic heterocycles. The molecule has 1 spiro atoms. The van der Waals surface area contributed by atoms with Gasteiger partial charge in [0.15, 0.2) is 5.79 Å². The fraction of sp³-hybridized carbons (Fsp3) is 0.571. The summed E-state index contributed by atoms with van der Waals surface area (Å²) in [5.41, 5.74) is 5.94. The second-order valence-corrected chi connectivity index (χ2v) is 5.30. The molecule has 1 saturated carbocycles. The molecular weight excluding hydrogens is 244 g/mol. The molecule has 1 aromatic rings. The van der Waals surface area contributed by atoms with E-state index in [0.717, 1.165) is 5.56 Å². The first-order valence-corrected chi connectivity index (χ1v) is 6.65. The molecule has 2 heterocycles. The number of ether oxygens (including phenoxy) is 2. The van der Waals surface area contributed by atoms with Crippen molar-refractivity contribution in [3.63, 3.8) is 0 Å². The van der Waals surface area contributed by atoms with Crippen molar-refractivity contribution in [3.8, 4) is 0 Å². The van der Waals surface area contributed by atoms with Gasteiger partial charge < -0.3 is 15.2 Å². The Morgan fingerprint density at radius 2 is 1.89 bits per heavy atom. The van der Waals surface area contributed by atoms with Crippen LogP contribution in [0.1, 0.15) is 31.2 Å². The van der Waals surface area contributed by atoms with Crippen LogP contribution >= 0.6 is 0 Å². The van der Waals surface area contributed by atoms with Gasteiger partial charge in [0, 0.05) is 25.2 Å². The van der Waals surface area contributed by atoms with Gasteiger partial charge in [0.1, 0.15) is 0 Å². The fourth-order valence-electron chi connectivity index (χ4n) is 3.17. The van der Waals surface area contributed by atoms with E-state index in [1.165, 1.54) is 0 Å². The lowest BCUT2D eigenvalue weighted by Crippen LogP contribution is -2.49. The third-order valence-electron chi connectivity index (χ3n) is 4.36. The van der Waals surface area contributed by atoms with Crippen LogP contribution in [-0.2, 0) is 19.7 Å². The molecule has 2 N–H and O–H groups in total. The average molecular weight is 262 g/mol. The highest BCUT2D eigenvalue weighted by Gasteiger charge is 2.49. The molecule has 0 atom stereocenters. The Morgan fingerprint density at radius 1 is 1.21 bits per heavy atom. The summed E-state index contributed by atoms with van der Waals surface area (Å²) in [4.78, 5) is 16.1. The number of aromatic nitrogens is 1. The van der Waals surface area contributed by atoms with Gasteiger partial charge >= 0.3 is 0 Å². The van der Waals surface area contributed by atoms with Crippen molar-refractivity contribution in [2.75, 3.05) is 13.2 Å². The van der Waals surface area contributed by atoms with Crippen molar-refractivity contribution in [2.24, 2.45) is 5.73 Å².